The highest BCUT2D eigenvalue weighted by molar-refractivity contribution is 5.13. The van der Waals surface area contributed by atoms with E-state index in [1.165, 1.54) is 12.3 Å². The summed E-state index contributed by atoms with van der Waals surface area (Å²) in [6, 6.07) is 2.92. The number of pyridine rings is 1. The van der Waals surface area contributed by atoms with E-state index in [0.717, 1.165) is 32.4 Å². The molecule has 4 nitrogen and oxygen atoms in total. The first-order valence-corrected chi connectivity index (χ1v) is 6.39. The average Bonchev–Trinajstić information content (AvgIpc) is 2.76. The lowest BCUT2D eigenvalue weighted by Crippen LogP contribution is -2.41. The lowest BCUT2D eigenvalue weighted by atomic mass is 9.89. The molecule has 0 amide bonds. The van der Waals surface area contributed by atoms with Crippen LogP contribution in [0.25, 0.3) is 0 Å². The number of ether oxygens (including phenoxy) is 2. The molecule has 5 heteroatoms. The van der Waals surface area contributed by atoms with Gasteiger partial charge in [-0.25, -0.2) is 9.37 Å². The molecule has 1 atom stereocenters. The minimum atomic E-state index is -0.413. The molecule has 98 valence electrons. The molecular formula is C13H17FN2O2. The first-order chi connectivity index (χ1) is 8.77. The number of rotatable bonds is 2. The van der Waals surface area contributed by atoms with Gasteiger partial charge in [-0.3, -0.25) is 0 Å². The fourth-order valence-electron chi connectivity index (χ4n) is 2.72. The van der Waals surface area contributed by atoms with Gasteiger partial charge in [0.2, 0.25) is 0 Å². The predicted octanol–water partition coefficient (Wildman–Crippen LogP) is 1.51. The minimum Gasteiger partial charge on any atom is -0.470 e. The maximum atomic E-state index is 13.4. The van der Waals surface area contributed by atoms with Crippen LogP contribution in [0.1, 0.15) is 19.3 Å². The van der Waals surface area contributed by atoms with Crippen LogP contribution in [0.2, 0.25) is 0 Å². The number of piperidine rings is 1. The predicted molar refractivity (Wildman–Crippen MR) is 64.0 cm³/mol. The molecule has 1 unspecified atom stereocenters. The van der Waals surface area contributed by atoms with Crippen molar-refractivity contribution in [2.75, 3.05) is 19.7 Å². The molecule has 0 aromatic carbocycles. The van der Waals surface area contributed by atoms with Crippen molar-refractivity contribution in [1.29, 1.82) is 0 Å². The van der Waals surface area contributed by atoms with E-state index in [4.69, 9.17) is 9.47 Å². The number of halogens is 1. The van der Waals surface area contributed by atoms with Gasteiger partial charge in [0.25, 0.3) is 5.88 Å². The van der Waals surface area contributed by atoms with Crippen molar-refractivity contribution in [2.45, 2.75) is 31.0 Å². The summed E-state index contributed by atoms with van der Waals surface area (Å²) in [5.41, 5.74) is -0.0683. The van der Waals surface area contributed by atoms with Crippen LogP contribution in [0.4, 0.5) is 4.39 Å². The standard InChI is InChI=1S/C13H17FN2O2/c14-11-2-1-5-16-12(11)18-10-8-13(17-9-10)3-6-15-7-4-13/h1-2,5,10,15H,3-4,6-9H2. The van der Waals surface area contributed by atoms with E-state index in [9.17, 15) is 4.39 Å². The van der Waals surface area contributed by atoms with E-state index >= 15 is 0 Å². The van der Waals surface area contributed by atoms with Crippen molar-refractivity contribution in [3.63, 3.8) is 0 Å². The van der Waals surface area contributed by atoms with Gasteiger partial charge in [-0.2, -0.15) is 0 Å². The van der Waals surface area contributed by atoms with Crippen molar-refractivity contribution < 1.29 is 13.9 Å². The van der Waals surface area contributed by atoms with E-state index in [2.05, 4.69) is 10.3 Å². The molecule has 1 aromatic heterocycles. The van der Waals surface area contributed by atoms with Crippen molar-refractivity contribution in [3.05, 3.63) is 24.1 Å². The molecule has 0 bridgehead atoms. The second-order valence-electron chi connectivity index (χ2n) is 4.98. The van der Waals surface area contributed by atoms with Gasteiger partial charge in [0.1, 0.15) is 6.10 Å². The third kappa shape index (κ3) is 2.33. The Bertz CT molecular complexity index is 421. The van der Waals surface area contributed by atoms with E-state index in [1.54, 1.807) is 6.07 Å². The zero-order chi connectivity index (χ0) is 12.4. The molecule has 2 saturated heterocycles. The Labute approximate surface area is 106 Å². The molecule has 3 heterocycles. The summed E-state index contributed by atoms with van der Waals surface area (Å²) in [4.78, 5) is 3.91. The van der Waals surface area contributed by atoms with Crippen LogP contribution in [0.3, 0.4) is 0 Å². The van der Waals surface area contributed by atoms with Gasteiger partial charge in [0, 0.05) is 12.6 Å². The Kier molecular flexibility index (Phi) is 3.18. The molecule has 18 heavy (non-hydrogen) atoms. The summed E-state index contributed by atoms with van der Waals surface area (Å²) in [7, 11) is 0. The molecule has 1 N–H and O–H groups in total. The number of hydrogen-bond donors (Lipinski definition) is 1. The highest BCUT2D eigenvalue weighted by atomic mass is 19.1. The van der Waals surface area contributed by atoms with Crippen LogP contribution in [0, 0.1) is 5.82 Å². The number of nitrogens with zero attached hydrogens (tertiary/aromatic N) is 1. The molecule has 1 aromatic rings. The molecule has 0 saturated carbocycles. The van der Waals surface area contributed by atoms with Gasteiger partial charge in [-0.15, -0.1) is 0 Å². The van der Waals surface area contributed by atoms with Crippen molar-refractivity contribution >= 4 is 0 Å². The second kappa shape index (κ2) is 4.82. The highest BCUT2D eigenvalue weighted by Crippen LogP contribution is 2.35. The Hall–Kier alpha value is -1.20. The van der Waals surface area contributed by atoms with Gasteiger partial charge < -0.3 is 14.8 Å². The lowest BCUT2D eigenvalue weighted by Gasteiger charge is -2.32. The summed E-state index contributed by atoms with van der Waals surface area (Å²) >= 11 is 0. The maximum absolute atomic E-state index is 13.4. The number of hydrogen-bond acceptors (Lipinski definition) is 4. The van der Waals surface area contributed by atoms with Crippen LogP contribution in [0.5, 0.6) is 5.88 Å². The van der Waals surface area contributed by atoms with Gasteiger partial charge >= 0.3 is 0 Å². The molecule has 1 spiro atoms. The number of aromatic nitrogens is 1. The summed E-state index contributed by atoms with van der Waals surface area (Å²) in [6.45, 7) is 2.48. The fourth-order valence-corrected chi connectivity index (χ4v) is 2.72. The van der Waals surface area contributed by atoms with Crippen molar-refractivity contribution in [2.24, 2.45) is 0 Å². The van der Waals surface area contributed by atoms with Crippen LogP contribution in [-0.2, 0) is 4.74 Å². The molecule has 2 fully saturated rings. The van der Waals surface area contributed by atoms with Crippen LogP contribution >= 0.6 is 0 Å². The Balaban J connectivity index is 1.64. The SMILES string of the molecule is Fc1cccnc1OC1COC2(CCNCC2)C1. The van der Waals surface area contributed by atoms with Crippen molar-refractivity contribution in [1.82, 2.24) is 10.3 Å². The molecule has 0 aliphatic carbocycles. The summed E-state index contributed by atoms with van der Waals surface area (Å²) in [5, 5.41) is 3.32. The molecular weight excluding hydrogens is 235 g/mol. The summed E-state index contributed by atoms with van der Waals surface area (Å²) in [5.74, 6) is -0.333. The molecule has 0 radical (unpaired) electrons. The molecule has 2 aliphatic rings. The molecule has 2 aliphatic heterocycles. The minimum absolute atomic E-state index is 0.0683. The third-order valence-corrected chi connectivity index (χ3v) is 3.69. The smallest absolute Gasteiger partial charge is 0.250 e. The van der Waals surface area contributed by atoms with Gasteiger partial charge in [-0.1, -0.05) is 0 Å². The van der Waals surface area contributed by atoms with Crippen LogP contribution in [-0.4, -0.2) is 36.4 Å². The van der Waals surface area contributed by atoms with E-state index in [-0.39, 0.29) is 17.6 Å². The van der Waals surface area contributed by atoms with Gasteiger partial charge in [-0.05, 0) is 38.1 Å². The summed E-state index contributed by atoms with van der Waals surface area (Å²) < 4.78 is 24.9. The first kappa shape index (κ1) is 11.9. The van der Waals surface area contributed by atoms with E-state index < -0.39 is 5.82 Å². The van der Waals surface area contributed by atoms with E-state index in [0.29, 0.717) is 6.61 Å². The fraction of sp³-hybridized carbons (Fsp3) is 0.615. The maximum Gasteiger partial charge on any atom is 0.250 e. The molecule has 3 rings (SSSR count). The largest absolute Gasteiger partial charge is 0.470 e. The zero-order valence-electron chi connectivity index (χ0n) is 10.2. The van der Waals surface area contributed by atoms with Gasteiger partial charge in [0.15, 0.2) is 5.82 Å². The number of nitrogens with one attached hydrogen (secondary N) is 1. The Morgan fingerprint density at radius 2 is 2.28 bits per heavy atom. The monoisotopic (exact) mass is 252 g/mol. The van der Waals surface area contributed by atoms with Crippen LogP contribution < -0.4 is 10.1 Å². The lowest BCUT2D eigenvalue weighted by molar-refractivity contribution is -0.0206. The Morgan fingerprint density at radius 1 is 1.44 bits per heavy atom. The first-order valence-electron chi connectivity index (χ1n) is 6.39. The van der Waals surface area contributed by atoms with Gasteiger partial charge in [0.05, 0.1) is 12.2 Å². The second-order valence-corrected chi connectivity index (χ2v) is 4.98. The normalized spacial score (nSPS) is 26.4. The quantitative estimate of drug-likeness (QED) is 0.866. The third-order valence-electron chi connectivity index (χ3n) is 3.69. The van der Waals surface area contributed by atoms with Crippen molar-refractivity contribution in [3.8, 4) is 5.88 Å². The zero-order valence-corrected chi connectivity index (χ0v) is 10.2. The van der Waals surface area contributed by atoms with E-state index in [1.807, 2.05) is 0 Å². The van der Waals surface area contributed by atoms with Crippen LogP contribution in [0.15, 0.2) is 18.3 Å². The topological polar surface area (TPSA) is 43.4 Å². The Morgan fingerprint density at radius 3 is 3.06 bits per heavy atom. The average molecular weight is 252 g/mol. The highest BCUT2D eigenvalue weighted by Gasteiger charge is 2.42. The summed E-state index contributed by atoms with van der Waals surface area (Å²) in [6.07, 6.45) is 4.27.